The summed E-state index contributed by atoms with van der Waals surface area (Å²) in [4.78, 5) is 33.7. The third kappa shape index (κ3) is 4.19. The molecule has 5 rings (SSSR count). The SMILES string of the molecule is CN(C)C1CCN(C(=O)c2ccc(-c3ccc(/C=C4/C(=O)Nc5ccccc54)o3)cn2)CC1. The molecular weight excluding hydrogens is 416 g/mol. The normalized spacial score (nSPS) is 17.5. The van der Waals surface area contributed by atoms with E-state index >= 15 is 0 Å². The van der Waals surface area contributed by atoms with Crippen molar-refractivity contribution in [3.8, 4) is 11.3 Å². The smallest absolute Gasteiger partial charge is 0.272 e. The van der Waals surface area contributed by atoms with Crippen LogP contribution in [0.15, 0.2) is 59.1 Å². The van der Waals surface area contributed by atoms with E-state index in [2.05, 4.69) is 29.3 Å². The van der Waals surface area contributed by atoms with E-state index < -0.39 is 0 Å². The Kier molecular flexibility index (Phi) is 5.56. The molecule has 2 amide bonds. The number of piperidine rings is 1. The van der Waals surface area contributed by atoms with Crippen molar-refractivity contribution in [2.24, 2.45) is 0 Å². The highest BCUT2D eigenvalue weighted by Crippen LogP contribution is 2.33. The number of benzene rings is 1. The van der Waals surface area contributed by atoms with Gasteiger partial charge in [-0.15, -0.1) is 0 Å². The lowest BCUT2D eigenvalue weighted by Gasteiger charge is -2.35. The third-order valence-corrected chi connectivity index (χ3v) is 6.37. The molecule has 0 atom stereocenters. The molecule has 3 aromatic rings. The summed E-state index contributed by atoms with van der Waals surface area (Å²) in [6.07, 6.45) is 5.36. The first kappa shape index (κ1) is 21.2. The second-order valence-electron chi connectivity index (χ2n) is 8.68. The van der Waals surface area contributed by atoms with Crippen molar-refractivity contribution in [3.05, 3.63) is 71.7 Å². The second kappa shape index (κ2) is 8.67. The van der Waals surface area contributed by atoms with Crippen LogP contribution in [-0.2, 0) is 4.79 Å². The Labute approximate surface area is 192 Å². The lowest BCUT2D eigenvalue weighted by molar-refractivity contribution is -0.110. The van der Waals surface area contributed by atoms with Gasteiger partial charge >= 0.3 is 0 Å². The first-order valence-electron chi connectivity index (χ1n) is 11.1. The molecule has 1 saturated heterocycles. The topological polar surface area (TPSA) is 78.7 Å². The number of furan rings is 1. The van der Waals surface area contributed by atoms with Gasteiger partial charge in [-0.1, -0.05) is 18.2 Å². The molecule has 0 bridgehead atoms. The van der Waals surface area contributed by atoms with E-state index in [1.165, 1.54) is 0 Å². The lowest BCUT2D eigenvalue weighted by atomic mass is 10.0. The molecule has 33 heavy (non-hydrogen) atoms. The van der Waals surface area contributed by atoms with Crippen LogP contribution in [0.5, 0.6) is 0 Å². The van der Waals surface area contributed by atoms with Gasteiger partial charge in [-0.05, 0) is 63.3 Å². The summed E-state index contributed by atoms with van der Waals surface area (Å²) in [6, 6.07) is 15.4. The van der Waals surface area contributed by atoms with Crippen molar-refractivity contribution >= 4 is 29.2 Å². The maximum atomic E-state index is 12.8. The molecule has 1 N–H and O–H groups in total. The maximum Gasteiger partial charge on any atom is 0.272 e. The average Bonchev–Trinajstić information content (AvgIpc) is 3.43. The first-order chi connectivity index (χ1) is 16.0. The van der Waals surface area contributed by atoms with E-state index in [4.69, 9.17) is 4.42 Å². The number of amides is 2. The van der Waals surface area contributed by atoms with Crippen LogP contribution in [0.3, 0.4) is 0 Å². The summed E-state index contributed by atoms with van der Waals surface area (Å²) < 4.78 is 5.95. The fraction of sp³-hybridized carbons (Fsp3) is 0.269. The van der Waals surface area contributed by atoms with Crippen LogP contribution in [0.2, 0.25) is 0 Å². The minimum absolute atomic E-state index is 0.0328. The molecule has 2 aromatic heterocycles. The minimum Gasteiger partial charge on any atom is -0.457 e. The van der Waals surface area contributed by atoms with Crippen LogP contribution in [-0.4, -0.2) is 59.8 Å². The van der Waals surface area contributed by atoms with E-state index in [0.717, 1.165) is 42.7 Å². The Bertz CT molecular complexity index is 1220. The van der Waals surface area contributed by atoms with Gasteiger partial charge in [-0.2, -0.15) is 0 Å². The number of hydrogen-bond donors (Lipinski definition) is 1. The number of nitrogens with zero attached hydrogens (tertiary/aromatic N) is 3. The summed E-state index contributed by atoms with van der Waals surface area (Å²) in [5, 5.41) is 2.86. The van der Waals surface area contributed by atoms with Gasteiger partial charge in [0, 0.05) is 42.1 Å². The van der Waals surface area contributed by atoms with E-state index in [1.807, 2.05) is 47.4 Å². The molecule has 0 aliphatic carbocycles. The van der Waals surface area contributed by atoms with E-state index in [0.29, 0.717) is 28.8 Å². The highest BCUT2D eigenvalue weighted by molar-refractivity contribution is 6.34. The average molecular weight is 443 g/mol. The number of para-hydroxylation sites is 1. The number of carbonyl (C=O) groups excluding carboxylic acids is 2. The fourth-order valence-corrected chi connectivity index (χ4v) is 4.42. The van der Waals surface area contributed by atoms with E-state index in [1.54, 1.807) is 18.3 Å². The highest BCUT2D eigenvalue weighted by Gasteiger charge is 2.26. The number of anilines is 1. The van der Waals surface area contributed by atoms with Gasteiger partial charge in [0.15, 0.2) is 0 Å². The Morgan fingerprint density at radius 2 is 1.91 bits per heavy atom. The molecule has 7 nitrogen and oxygen atoms in total. The Morgan fingerprint density at radius 1 is 1.12 bits per heavy atom. The summed E-state index contributed by atoms with van der Waals surface area (Å²) in [6.45, 7) is 1.50. The van der Waals surface area contributed by atoms with Crippen molar-refractivity contribution in [2.75, 3.05) is 32.5 Å². The van der Waals surface area contributed by atoms with Crippen LogP contribution in [0.1, 0.15) is 34.7 Å². The highest BCUT2D eigenvalue weighted by atomic mass is 16.3. The van der Waals surface area contributed by atoms with Crippen LogP contribution in [0.25, 0.3) is 23.0 Å². The van der Waals surface area contributed by atoms with Gasteiger partial charge in [0.05, 0.1) is 5.57 Å². The van der Waals surface area contributed by atoms with Crippen molar-refractivity contribution in [3.63, 3.8) is 0 Å². The number of aromatic nitrogens is 1. The summed E-state index contributed by atoms with van der Waals surface area (Å²) in [7, 11) is 4.17. The number of nitrogens with one attached hydrogen (secondary N) is 1. The molecule has 4 heterocycles. The minimum atomic E-state index is -0.145. The predicted molar refractivity (Wildman–Crippen MR) is 127 cm³/mol. The number of rotatable bonds is 4. The molecule has 2 aliphatic heterocycles. The van der Waals surface area contributed by atoms with Crippen LogP contribution >= 0.6 is 0 Å². The largest absolute Gasteiger partial charge is 0.457 e. The predicted octanol–water partition coefficient (Wildman–Crippen LogP) is 4.00. The molecule has 1 fully saturated rings. The molecule has 1 aromatic carbocycles. The quantitative estimate of drug-likeness (QED) is 0.618. The Hall–Kier alpha value is -3.71. The molecule has 7 heteroatoms. The van der Waals surface area contributed by atoms with Crippen LogP contribution in [0, 0.1) is 0 Å². The Balaban J connectivity index is 1.29. The van der Waals surface area contributed by atoms with Gasteiger partial charge in [-0.25, -0.2) is 0 Å². The molecule has 0 radical (unpaired) electrons. The lowest BCUT2D eigenvalue weighted by Crippen LogP contribution is -2.44. The van der Waals surface area contributed by atoms with Crippen molar-refractivity contribution in [1.82, 2.24) is 14.8 Å². The number of carbonyl (C=O) groups is 2. The molecular formula is C26H26N4O3. The van der Waals surface area contributed by atoms with Crippen LogP contribution in [0.4, 0.5) is 5.69 Å². The molecule has 0 spiro atoms. The van der Waals surface area contributed by atoms with E-state index in [-0.39, 0.29) is 11.8 Å². The van der Waals surface area contributed by atoms with Gasteiger partial charge in [0.25, 0.3) is 11.8 Å². The second-order valence-corrected chi connectivity index (χ2v) is 8.68. The van der Waals surface area contributed by atoms with Crippen LogP contribution < -0.4 is 5.32 Å². The number of likely N-dealkylation sites (tertiary alicyclic amines) is 1. The monoisotopic (exact) mass is 442 g/mol. The van der Waals surface area contributed by atoms with Gasteiger partial charge in [-0.3, -0.25) is 14.6 Å². The van der Waals surface area contributed by atoms with Crippen molar-refractivity contribution in [2.45, 2.75) is 18.9 Å². The Morgan fingerprint density at radius 3 is 2.64 bits per heavy atom. The first-order valence-corrected chi connectivity index (χ1v) is 11.1. The standard InChI is InChI=1S/C26H26N4O3/c1-29(2)18-11-13-30(14-12-18)26(32)23-9-7-17(16-27-23)24-10-8-19(33-24)15-21-20-5-3-4-6-22(20)28-25(21)31/h3-10,15-16,18H,11-14H2,1-2H3,(H,28,31)/b21-15+. The maximum absolute atomic E-state index is 12.8. The fourth-order valence-electron chi connectivity index (χ4n) is 4.42. The summed E-state index contributed by atoms with van der Waals surface area (Å²) >= 11 is 0. The third-order valence-electron chi connectivity index (χ3n) is 6.37. The van der Waals surface area contributed by atoms with Crippen molar-refractivity contribution < 1.29 is 14.0 Å². The molecule has 0 unspecified atom stereocenters. The number of fused-ring (bicyclic) bond motifs is 1. The zero-order valence-corrected chi connectivity index (χ0v) is 18.7. The molecule has 2 aliphatic rings. The number of hydrogen-bond acceptors (Lipinski definition) is 5. The molecule has 0 saturated carbocycles. The summed E-state index contributed by atoms with van der Waals surface area (Å²) in [5.41, 5.74) is 3.45. The summed E-state index contributed by atoms with van der Waals surface area (Å²) in [5.74, 6) is 1.03. The number of pyridine rings is 1. The zero-order valence-electron chi connectivity index (χ0n) is 18.7. The van der Waals surface area contributed by atoms with Gasteiger partial charge in [0.1, 0.15) is 17.2 Å². The van der Waals surface area contributed by atoms with E-state index in [9.17, 15) is 9.59 Å². The zero-order chi connectivity index (χ0) is 22.9. The van der Waals surface area contributed by atoms with Gasteiger partial charge < -0.3 is 19.5 Å². The molecule has 168 valence electrons. The van der Waals surface area contributed by atoms with Gasteiger partial charge in [0.2, 0.25) is 0 Å². The van der Waals surface area contributed by atoms with Crippen molar-refractivity contribution in [1.29, 1.82) is 0 Å².